The monoisotopic (exact) mass is 159 g/mol. The maximum Gasteiger partial charge on any atom is 0.115 e. The Morgan fingerprint density at radius 1 is 1.45 bits per heavy atom. The lowest BCUT2D eigenvalue weighted by molar-refractivity contribution is 0.176. The van der Waals surface area contributed by atoms with Crippen molar-refractivity contribution in [1.29, 1.82) is 0 Å². The van der Waals surface area contributed by atoms with Gasteiger partial charge >= 0.3 is 0 Å². The first-order valence-corrected chi connectivity index (χ1v) is 4.00. The Morgan fingerprint density at radius 2 is 2.18 bits per heavy atom. The Morgan fingerprint density at radius 3 is 2.64 bits per heavy atom. The molecule has 3 heteroatoms. The van der Waals surface area contributed by atoms with E-state index in [1.807, 2.05) is 0 Å². The molecule has 0 atom stereocenters. The number of rotatable bonds is 7. The summed E-state index contributed by atoms with van der Waals surface area (Å²) in [4.78, 5) is 2.15. The lowest BCUT2D eigenvalue weighted by Crippen LogP contribution is -2.28. The van der Waals surface area contributed by atoms with Gasteiger partial charge in [0.1, 0.15) is 7.11 Å². The van der Waals surface area contributed by atoms with Gasteiger partial charge in [-0.25, -0.2) is 0 Å². The standard InChI is InChI=1S/C8H17NO2/c1-3-9(6-7-10)5-4-8-11-2/h2,10H,3-8H2,1H3. The summed E-state index contributed by atoms with van der Waals surface area (Å²) in [5.74, 6) is 0. The Labute approximate surface area is 69.0 Å². The van der Waals surface area contributed by atoms with Gasteiger partial charge in [-0.15, -0.1) is 0 Å². The predicted octanol–water partition coefficient (Wildman–Crippen LogP) is 0.376. The first kappa shape index (κ1) is 10.9. The minimum Gasteiger partial charge on any atom is -0.395 e. The van der Waals surface area contributed by atoms with E-state index in [1.165, 1.54) is 0 Å². The summed E-state index contributed by atoms with van der Waals surface area (Å²) in [7, 11) is 4.86. The number of likely N-dealkylation sites (N-methyl/N-ethyl adjacent to an activating group) is 1. The van der Waals surface area contributed by atoms with Gasteiger partial charge in [-0.3, -0.25) is 0 Å². The van der Waals surface area contributed by atoms with Crippen molar-refractivity contribution >= 4 is 0 Å². The highest BCUT2D eigenvalue weighted by atomic mass is 16.5. The Bertz CT molecular complexity index is 78.5. The topological polar surface area (TPSA) is 32.7 Å². The van der Waals surface area contributed by atoms with Crippen molar-refractivity contribution in [2.24, 2.45) is 0 Å². The van der Waals surface area contributed by atoms with Crippen molar-refractivity contribution in [1.82, 2.24) is 4.90 Å². The number of aliphatic hydroxyl groups excluding tert-OH is 1. The van der Waals surface area contributed by atoms with Crippen LogP contribution < -0.4 is 0 Å². The maximum atomic E-state index is 8.63. The van der Waals surface area contributed by atoms with Gasteiger partial charge in [0.15, 0.2) is 0 Å². The zero-order valence-corrected chi connectivity index (χ0v) is 7.12. The fraction of sp³-hybridized carbons (Fsp3) is 0.875. The molecule has 11 heavy (non-hydrogen) atoms. The molecule has 0 aromatic carbocycles. The van der Waals surface area contributed by atoms with Crippen molar-refractivity contribution in [3.63, 3.8) is 0 Å². The summed E-state index contributed by atoms with van der Waals surface area (Å²) >= 11 is 0. The predicted molar refractivity (Wildman–Crippen MR) is 44.1 cm³/mol. The second kappa shape index (κ2) is 7.98. The third kappa shape index (κ3) is 6.28. The van der Waals surface area contributed by atoms with Gasteiger partial charge < -0.3 is 14.7 Å². The molecule has 0 aromatic rings. The number of nitrogens with zero attached hydrogens (tertiary/aromatic N) is 1. The van der Waals surface area contributed by atoms with E-state index in [4.69, 9.17) is 12.2 Å². The van der Waals surface area contributed by atoms with Crippen LogP contribution in [-0.2, 0) is 4.74 Å². The molecule has 0 unspecified atom stereocenters. The molecule has 0 saturated heterocycles. The molecule has 2 radical (unpaired) electrons. The first-order chi connectivity index (χ1) is 5.35. The third-order valence-corrected chi connectivity index (χ3v) is 1.60. The van der Waals surface area contributed by atoms with Crippen molar-refractivity contribution < 1.29 is 9.84 Å². The van der Waals surface area contributed by atoms with Gasteiger partial charge in [0.05, 0.1) is 6.61 Å². The second-order valence-corrected chi connectivity index (χ2v) is 2.38. The van der Waals surface area contributed by atoms with Crippen LogP contribution in [0.4, 0.5) is 0 Å². The van der Waals surface area contributed by atoms with Gasteiger partial charge in [0.2, 0.25) is 0 Å². The van der Waals surface area contributed by atoms with Crippen molar-refractivity contribution in [3.8, 4) is 0 Å². The smallest absolute Gasteiger partial charge is 0.115 e. The summed E-state index contributed by atoms with van der Waals surface area (Å²) in [5.41, 5.74) is 0. The molecule has 0 heterocycles. The highest BCUT2D eigenvalue weighted by Gasteiger charge is 1.99. The lowest BCUT2D eigenvalue weighted by atomic mass is 10.4. The fourth-order valence-electron chi connectivity index (χ4n) is 0.941. The van der Waals surface area contributed by atoms with Crippen LogP contribution in [0.15, 0.2) is 0 Å². The molecule has 0 saturated carbocycles. The molecule has 0 aliphatic rings. The molecule has 0 rings (SSSR count). The van der Waals surface area contributed by atoms with Crippen LogP contribution in [0.25, 0.3) is 0 Å². The molecule has 66 valence electrons. The largest absolute Gasteiger partial charge is 0.395 e. The molecule has 0 aromatic heterocycles. The van der Waals surface area contributed by atoms with Crippen LogP contribution in [0, 0.1) is 7.11 Å². The molecule has 3 nitrogen and oxygen atoms in total. The van der Waals surface area contributed by atoms with Gasteiger partial charge in [-0.1, -0.05) is 6.92 Å². The Balaban J connectivity index is 3.20. The third-order valence-electron chi connectivity index (χ3n) is 1.60. The quantitative estimate of drug-likeness (QED) is 0.545. The number of hydrogen-bond acceptors (Lipinski definition) is 3. The second-order valence-electron chi connectivity index (χ2n) is 2.38. The van der Waals surface area contributed by atoms with Crippen LogP contribution >= 0.6 is 0 Å². The summed E-state index contributed by atoms with van der Waals surface area (Å²) < 4.78 is 4.43. The lowest BCUT2D eigenvalue weighted by Gasteiger charge is -2.18. The summed E-state index contributed by atoms with van der Waals surface area (Å²) in [6, 6.07) is 0. The molecule has 0 amide bonds. The SMILES string of the molecule is [CH]OCCCN(CC)CCO. The van der Waals surface area contributed by atoms with Crippen molar-refractivity contribution in [2.45, 2.75) is 13.3 Å². The summed E-state index contributed by atoms with van der Waals surface area (Å²) in [6.07, 6.45) is 0.921. The zero-order valence-electron chi connectivity index (χ0n) is 7.12. The number of aliphatic hydroxyl groups is 1. The van der Waals surface area contributed by atoms with E-state index in [1.54, 1.807) is 0 Å². The zero-order chi connectivity index (χ0) is 8.53. The van der Waals surface area contributed by atoms with E-state index in [-0.39, 0.29) is 6.61 Å². The molecule has 0 bridgehead atoms. The van der Waals surface area contributed by atoms with E-state index in [9.17, 15) is 0 Å². The van der Waals surface area contributed by atoms with Crippen LogP contribution in [0.2, 0.25) is 0 Å². The normalized spacial score (nSPS) is 10.9. The number of ether oxygens (including phenoxy) is 1. The minimum absolute atomic E-state index is 0.220. The average Bonchev–Trinajstić information content (AvgIpc) is 2.03. The molecular weight excluding hydrogens is 142 g/mol. The molecule has 0 fully saturated rings. The van der Waals surface area contributed by atoms with Crippen LogP contribution in [0.3, 0.4) is 0 Å². The van der Waals surface area contributed by atoms with E-state index in [0.29, 0.717) is 6.61 Å². The fourth-order valence-corrected chi connectivity index (χ4v) is 0.941. The molecule has 0 aliphatic carbocycles. The van der Waals surface area contributed by atoms with E-state index < -0.39 is 0 Å². The highest BCUT2D eigenvalue weighted by Crippen LogP contribution is 1.90. The van der Waals surface area contributed by atoms with Gasteiger partial charge in [0, 0.05) is 19.7 Å². The first-order valence-electron chi connectivity index (χ1n) is 4.00. The molecule has 0 spiro atoms. The molecule has 0 aliphatic heterocycles. The molecule has 1 N–H and O–H groups in total. The van der Waals surface area contributed by atoms with E-state index in [2.05, 4.69) is 16.6 Å². The Hall–Kier alpha value is -0.120. The van der Waals surface area contributed by atoms with Gasteiger partial charge in [0.25, 0.3) is 0 Å². The summed E-state index contributed by atoms with van der Waals surface area (Å²) in [5, 5.41) is 8.63. The van der Waals surface area contributed by atoms with Gasteiger partial charge in [-0.05, 0) is 13.0 Å². The van der Waals surface area contributed by atoms with Crippen LogP contribution in [0.5, 0.6) is 0 Å². The highest BCUT2D eigenvalue weighted by molar-refractivity contribution is 4.53. The summed E-state index contributed by atoms with van der Waals surface area (Å²) in [6.45, 7) is 5.51. The van der Waals surface area contributed by atoms with E-state index >= 15 is 0 Å². The van der Waals surface area contributed by atoms with Gasteiger partial charge in [-0.2, -0.15) is 0 Å². The van der Waals surface area contributed by atoms with Crippen molar-refractivity contribution in [3.05, 3.63) is 7.11 Å². The number of hydrogen-bond donors (Lipinski definition) is 1. The molecular formula is C8H17NO2. The Kier molecular flexibility index (Phi) is 7.89. The maximum absolute atomic E-state index is 8.63. The van der Waals surface area contributed by atoms with Crippen molar-refractivity contribution in [2.75, 3.05) is 32.8 Å². The average molecular weight is 159 g/mol. The van der Waals surface area contributed by atoms with E-state index in [0.717, 1.165) is 26.1 Å². The van der Waals surface area contributed by atoms with Crippen LogP contribution in [0.1, 0.15) is 13.3 Å². The minimum atomic E-state index is 0.220. The van der Waals surface area contributed by atoms with Crippen LogP contribution in [-0.4, -0.2) is 42.9 Å².